The lowest BCUT2D eigenvalue weighted by Crippen LogP contribution is -2.63. The van der Waals surface area contributed by atoms with Crippen molar-refractivity contribution in [3.63, 3.8) is 0 Å². The lowest BCUT2D eigenvalue weighted by molar-refractivity contribution is -0.559. The molecule has 33 heavy (non-hydrogen) atoms. The largest absolute Gasteiger partial charge is 0.416 e. The van der Waals surface area contributed by atoms with Gasteiger partial charge in [-0.05, 0) is 26.0 Å². The Kier molecular flexibility index (Phi) is 5.40. The van der Waals surface area contributed by atoms with Crippen LogP contribution in [0.25, 0.3) is 0 Å². The molecule has 0 aliphatic carbocycles. The molecule has 0 spiro atoms. The molecule has 0 N–H and O–H groups in total. The minimum Gasteiger partial charge on any atom is -0.369 e. The van der Waals surface area contributed by atoms with Gasteiger partial charge in [0.25, 0.3) is 5.91 Å². The Morgan fingerprint density at radius 1 is 1.00 bits per heavy atom. The molecule has 0 bridgehead atoms. The van der Waals surface area contributed by atoms with Gasteiger partial charge >= 0.3 is 12.0 Å². The molecular formula is C23H31N8O2+. The Morgan fingerprint density at radius 3 is 2.39 bits per heavy atom. The summed E-state index contributed by atoms with van der Waals surface area (Å²) in [4.78, 5) is 37.7. The van der Waals surface area contributed by atoms with E-state index in [1.807, 2.05) is 29.5 Å². The number of likely N-dealkylation sites (N-methyl/N-ethyl adjacent to an activating group) is 2. The van der Waals surface area contributed by atoms with Crippen LogP contribution in [-0.4, -0.2) is 119 Å². The summed E-state index contributed by atoms with van der Waals surface area (Å²) in [7, 11) is 3.20. The van der Waals surface area contributed by atoms with Crippen LogP contribution >= 0.6 is 0 Å². The summed E-state index contributed by atoms with van der Waals surface area (Å²) < 4.78 is 2.01. The zero-order valence-corrected chi connectivity index (χ0v) is 19.7. The number of nitrogens with zero attached hydrogens (tertiary/aromatic N) is 8. The third-order valence-corrected chi connectivity index (χ3v) is 7.10. The predicted molar refractivity (Wildman–Crippen MR) is 127 cm³/mol. The standard InChI is InChI=1S/C23H31N8O2/c1-16-17(2)31-19-20(26(3)23(33)27(4)21(19)32)24-22(31)30(25-16)15-12-28-10-13-29(14-11-28)18-8-6-5-7-9-18/h5-9,17,19H,10-15H2,1-4H3/q+1. The quantitative estimate of drug-likeness (QED) is 0.626. The molecule has 0 saturated carbocycles. The topological polar surface area (TPSA) is 78.1 Å². The van der Waals surface area contributed by atoms with E-state index in [9.17, 15) is 9.59 Å². The molecule has 0 radical (unpaired) electrons. The molecule has 10 nitrogen and oxygen atoms in total. The summed E-state index contributed by atoms with van der Waals surface area (Å²) in [6.45, 7) is 9.49. The van der Waals surface area contributed by atoms with Crippen LogP contribution < -0.4 is 4.90 Å². The first kappa shape index (κ1) is 21.6. The fraction of sp³-hybridized carbons (Fsp3) is 0.522. The van der Waals surface area contributed by atoms with Gasteiger partial charge in [0.2, 0.25) is 11.9 Å². The van der Waals surface area contributed by atoms with E-state index in [1.165, 1.54) is 22.5 Å². The Hall–Kier alpha value is -3.27. The van der Waals surface area contributed by atoms with Gasteiger partial charge in [0, 0.05) is 52.5 Å². The van der Waals surface area contributed by atoms with Crippen LogP contribution in [0.1, 0.15) is 13.8 Å². The highest BCUT2D eigenvalue weighted by atomic mass is 16.2. The number of hydrogen-bond acceptors (Lipinski definition) is 7. The van der Waals surface area contributed by atoms with Gasteiger partial charge in [0.05, 0.1) is 5.71 Å². The van der Waals surface area contributed by atoms with Crippen molar-refractivity contribution in [2.75, 3.05) is 58.3 Å². The molecule has 1 aromatic carbocycles. The van der Waals surface area contributed by atoms with Crippen LogP contribution in [0.15, 0.2) is 40.4 Å². The van der Waals surface area contributed by atoms with Gasteiger partial charge in [-0.25, -0.2) is 9.37 Å². The number of aliphatic imine (C=N–C) groups is 1. The molecule has 10 heteroatoms. The van der Waals surface area contributed by atoms with Gasteiger partial charge in [0.1, 0.15) is 12.6 Å². The number of benzene rings is 1. The van der Waals surface area contributed by atoms with E-state index in [1.54, 1.807) is 7.05 Å². The average Bonchev–Trinajstić information content (AvgIpc) is 3.25. The van der Waals surface area contributed by atoms with Crippen molar-refractivity contribution in [3.05, 3.63) is 30.3 Å². The van der Waals surface area contributed by atoms with Crippen LogP contribution in [0.4, 0.5) is 10.5 Å². The third kappa shape index (κ3) is 3.58. The number of amidine groups is 1. The lowest BCUT2D eigenvalue weighted by atomic mass is 10.1. The lowest BCUT2D eigenvalue weighted by Gasteiger charge is -2.36. The molecular weight excluding hydrogens is 420 g/mol. The van der Waals surface area contributed by atoms with Gasteiger partial charge in [-0.15, -0.1) is 10.1 Å². The number of rotatable bonds is 4. The van der Waals surface area contributed by atoms with Crippen LogP contribution in [0.3, 0.4) is 0 Å². The number of amides is 3. The van der Waals surface area contributed by atoms with Crippen LogP contribution in [0.2, 0.25) is 0 Å². The summed E-state index contributed by atoms with van der Waals surface area (Å²) in [5.41, 5.74) is 2.20. The van der Waals surface area contributed by atoms with Crippen molar-refractivity contribution in [3.8, 4) is 0 Å². The van der Waals surface area contributed by atoms with Crippen LogP contribution in [-0.2, 0) is 4.79 Å². The number of fused-ring (bicyclic) bond motifs is 2. The highest BCUT2D eigenvalue weighted by Gasteiger charge is 2.55. The van der Waals surface area contributed by atoms with Crippen molar-refractivity contribution in [1.82, 2.24) is 19.7 Å². The molecule has 4 aliphatic rings. The maximum Gasteiger partial charge on any atom is 0.416 e. The minimum atomic E-state index is -0.593. The zero-order chi connectivity index (χ0) is 23.3. The number of hydrogen-bond donors (Lipinski definition) is 0. The maximum atomic E-state index is 13.0. The van der Waals surface area contributed by atoms with Crippen LogP contribution in [0.5, 0.6) is 0 Å². The number of urea groups is 1. The molecule has 1 aromatic rings. The first-order chi connectivity index (χ1) is 15.9. The molecule has 2 saturated heterocycles. The Labute approximate surface area is 194 Å². The summed E-state index contributed by atoms with van der Waals surface area (Å²) in [6, 6.07) is 9.50. The van der Waals surface area contributed by atoms with Crippen LogP contribution in [0, 0.1) is 0 Å². The molecule has 2 fully saturated rings. The fourth-order valence-electron chi connectivity index (χ4n) is 4.91. The van der Waals surface area contributed by atoms with E-state index in [2.05, 4.69) is 34.1 Å². The molecule has 0 aromatic heterocycles. The molecule has 2 atom stereocenters. The third-order valence-electron chi connectivity index (χ3n) is 7.10. The number of para-hydroxylation sites is 1. The van der Waals surface area contributed by atoms with Crippen molar-refractivity contribution >= 4 is 35.1 Å². The Bertz CT molecular complexity index is 1060. The number of guanidine groups is 1. The second-order valence-corrected chi connectivity index (χ2v) is 9.02. The maximum absolute atomic E-state index is 13.0. The number of hydrazone groups is 1. The number of imide groups is 1. The van der Waals surface area contributed by atoms with Crippen molar-refractivity contribution < 1.29 is 14.2 Å². The predicted octanol–water partition coefficient (Wildman–Crippen LogP) is 0.562. The molecule has 5 rings (SSSR count). The first-order valence-corrected chi connectivity index (χ1v) is 11.5. The summed E-state index contributed by atoms with van der Waals surface area (Å²) in [5, 5.41) is 6.70. The summed E-state index contributed by atoms with van der Waals surface area (Å²) in [5.74, 6) is 0.890. The first-order valence-electron chi connectivity index (χ1n) is 11.5. The van der Waals surface area contributed by atoms with E-state index in [0.717, 1.165) is 38.4 Å². The summed E-state index contributed by atoms with van der Waals surface area (Å²) >= 11 is 0. The highest BCUT2D eigenvalue weighted by molar-refractivity contribution is 6.23. The van der Waals surface area contributed by atoms with Gasteiger partial charge in [-0.1, -0.05) is 23.2 Å². The fourth-order valence-corrected chi connectivity index (χ4v) is 4.91. The Balaban J connectivity index is 1.29. The second kappa shape index (κ2) is 8.26. The van der Waals surface area contributed by atoms with E-state index < -0.39 is 6.04 Å². The number of carbonyl (C=O) groups is 2. The SMILES string of the molecule is CC1=NN(CCN2CCN(c3ccccc3)CC2)C2=[N+](C1C)C1C(=O)N(C)C(=O)N(C)C1=N2. The number of piperazine rings is 1. The minimum absolute atomic E-state index is 0.0733. The molecule has 4 aliphatic heterocycles. The van der Waals surface area contributed by atoms with Gasteiger partial charge in [-0.2, -0.15) is 0 Å². The van der Waals surface area contributed by atoms with E-state index >= 15 is 0 Å². The van der Waals surface area contributed by atoms with Crippen molar-refractivity contribution in [2.24, 2.45) is 10.1 Å². The van der Waals surface area contributed by atoms with E-state index in [-0.39, 0.29) is 18.0 Å². The molecule has 4 heterocycles. The highest BCUT2D eigenvalue weighted by Crippen LogP contribution is 2.25. The van der Waals surface area contributed by atoms with E-state index in [4.69, 9.17) is 10.1 Å². The molecule has 174 valence electrons. The molecule has 3 amide bonds. The molecule has 2 unspecified atom stereocenters. The monoisotopic (exact) mass is 451 g/mol. The van der Waals surface area contributed by atoms with Gasteiger partial charge < -0.3 is 4.90 Å². The second-order valence-electron chi connectivity index (χ2n) is 9.02. The van der Waals surface area contributed by atoms with E-state index in [0.29, 0.717) is 18.3 Å². The van der Waals surface area contributed by atoms with Gasteiger partial charge in [0.15, 0.2) is 0 Å². The number of carbonyl (C=O) groups excluding carboxylic acids is 2. The van der Waals surface area contributed by atoms with Crippen molar-refractivity contribution in [2.45, 2.75) is 25.9 Å². The van der Waals surface area contributed by atoms with Crippen molar-refractivity contribution in [1.29, 1.82) is 0 Å². The smallest absolute Gasteiger partial charge is 0.369 e. The normalized spacial score (nSPS) is 25.9. The summed E-state index contributed by atoms with van der Waals surface area (Å²) in [6.07, 6.45) is 0. The zero-order valence-electron chi connectivity index (χ0n) is 19.7. The average molecular weight is 452 g/mol. The number of anilines is 1. The van der Waals surface area contributed by atoms with Gasteiger partial charge in [-0.3, -0.25) is 19.5 Å². The Morgan fingerprint density at radius 2 is 1.70 bits per heavy atom.